The minimum absolute atomic E-state index is 0.252. The van der Waals surface area contributed by atoms with Crippen molar-refractivity contribution < 1.29 is 13.9 Å². The summed E-state index contributed by atoms with van der Waals surface area (Å²) in [4.78, 5) is 11.5. The van der Waals surface area contributed by atoms with Gasteiger partial charge in [-0.1, -0.05) is 48.6 Å². The summed E-state index contributed by atoms with van der Waals surface area (Å²) in [6, 6.07) is 14.2. The zero-order valence-electron chi connectivity index (χ0n) is 13.1. The number of rotatable bonds is 6. The monoisotopic (exact) mass is 313 g/mol. The Labute approximate surface area is 135 Å². The minimum Gasteiger partial charge on any atom is -0.445 e. The summed E-state index contributed by atoms with van der Waals surface area (Å²) in [6.07, 6.45) is 3.97. The molecule has 1 N–H and O–H groups in total. The third-order valence-electron chi connectivity index (χ3n) is 3.33. The van der Waals surface area contributed by atoms with Crippen LogP contribution < -0.4 is 5.32 Å². The van der Waals surface area contributed by atoms with E-state index in [4.69, 9.17) is 4.74 Å². The molecule has 2 aromatic carbocycles. The summed E-state index contributed by atoms with van der Waals surface area (Å²) in [6.45, 7) is 2.65. The second-order valence-corrected chi connectivity index (χ2v) is 5.18. The standard InChI is InChI=1S/C19H20FNO2/c1-15-10-11-18(20)13-17(15)9-5-6-12-21-19(22)23-14-16-7-3-2-4-8-16/h2-5,7-11,13H,6,12,14H2,1H3,(H,21,22). The summed E-state index contributed by atoms with van der Waals surface area (Å²) >= 11 is 0. The molecule has 0 atom stereocenters. The van der Waals surface area contributed by atoms with Crippen LogP contribution in [0.2, 0.25) is 0 Å². The molecular weight excluding hydrogens is 293 g/mol. The van der Waals surface area contributed by atoms with Crippen molar-refractivity contribution in [1.29, 1.82) is 0 Å². The van der Waals surface area contributed by atoms with Gasteiger partial charge in [-0.3, -0.25) is 0 Å². The van der Waals surface area contributed by atoms with Crippen LogP contribution in [-0.2, 0) is 11.3 Å². The molecule has 1 amide bonds. The van der Waals surface area contributed by atoms with E-state index in [0.717, 1.165) is 16.7 Å². The van der Waals surface area contributed by atoms with Crippen LogP contribution in [0.1, 0.15) is 23.1 Å². The maximum Gasteiger partial charge on any atom is 0.407 e. The van der Waals surface area contributed by atoms with E-state index in [2.05, 4.69) is 5.32 Å². The smallest absolute Gasteiger partial charge is 0.407 e. The van der Waals surface area contributed by atoms with Crippen LogP contribution in [0.3, 0.4) is 0 Å². The normalized spacial score (nSPS) is 10.7. The lowest BCUT2D eigenvalue weighted by molar-refractivity contribution is 0.140. The Morgan fingerprint density at radius 3 is 2.78 bits per heavy atom. The van der Waals surface area contributed by atoms with Crippen LogP contribution >= 0.6 is 0 Å². The van der Waals surface area contributed by atoms with Gasteiger partial charge in [-0.15, -0.1) is 0 Å². The Kier molecular flexibility index (Phi) is 6.36. The quantitative estimate of drug-likeness (QED) is 0.799. The van der Waals surface area contributed by atoms with Gasteiger partial charge in [0, 0.05) is 6.54 Å². The molecule has 2 aromatic rings. The van der Waals surface area contributed by atoms with Crippen molar-refractivity contribution in [3.63, 3.8) is 0 Å². The molecule has 0 heterocycles. The molecule has 0 radical (unpaired) electrons. The molecule has 0 saturated carbocycles. The molecule has 4 heteroatoms. The van der Waals surface area contributed by atoms with Gasteiger partial charge in [-0.25, -0.2) is 9.18 Å². The molecule has 0 aliphatic carbocycles. The first kappa shape index (κ1) is 16.7. The predicted octanol–water partition coefficient (Wildman–Crippen LogP) is 4.46. The number of halogens is 1. The molecule has 0 bridgehead atoms. The molecule has 0 spiro atoms. The van der Waals surface area contributed by atoms with Gasteiger partial charge in [0.2, 0.25) is 0 Å². The van der Waals surface area contributed by atoms with Gasteiger partial charge in [0.05, 0.1) is 0 Å². The number of carbonyl (C=O) groups is 1. The van der Waals surface area contributed by atoms with Gasteiger partial charge in [-0.2, -0.15) is 0 Å². The van der Waals surface area contributed by atoms with Crippen molar-refractivity contribution in [3.05, 3.63) is 77.1 Å². The highest BCUT2D eigenvalue weighted by atomic mass is 19.1. The van der Waals surface area contributed by atoms with E-state index in [-0.39, 0.29) is 12.4 Å². The highest BCUT2D eigenvalue weighted by molar-refractivity contribution is 5.67. The van der Waals surface area contributed by atoms with Crippen LogP contribution in [0.5, 0.6) is 0 Å². The van der Waals surface area contributed by atoms with Crippen molar-refractivity contribution in [2.24, 2.45) is 0 Å². The van der Waals surface area contributed by atoms with Crippen molar-refractivity contribution in [1.82, 2.24) is 5.32 Å². The summed E-state index contributed by atoms with van der Waals surface area (Å²) in [5.74, 6) is -0.252. The highest BCUT2D eigenvalue weighted by Gasteiger charge is 2.01. The van der Waals surface area contributed by atoms with E-state index in [1.165, 1.54) is 12.1 Å². The van der Waals surface area contributed by atoms with Gasteiger partial charge in [0.1, 0.15) is 12.4 Å². The number of aryl methyl sites for hydroxylation is 1. The minimum atomic E-state index is -0.441. The Balaban J connectivity index is 1.67. The van der Waals surface area contributed by atoms with Crippen LogP contribution in [0.4, 0.5) is 9.18 Å². The molecule has 0 aliphatic heterocycles. The van der Waals surface area contributed by atoms with E-state index in [1.54, 1.807) is 6.07 Å². The second-order valence-electron chi connectivity index (χ2n) is 5.18. The molecule has 23 heavy (non-hydrogen) atoms. The Hall–Kier alpha value is -2.62. The van der Waals surface area contributed by atoms with Crippen LogP contribution in [0.15, 0.2) is 54.6 Å². The number of alkyl carbamates (subject to hydrolysis) is 1. The highest BCUT2D eigenvalue weighted by Crippen LogP contribution is 2.12. The number of nitrogens with one attached hydrogen (secondary N) is 1. The SMILES string of the molecule is Cc1ccc(F)cc1C=CCCNC(=O)OCc1ccccc1. The van der Waals surface area contributed by atoms with Crippen molar-refractivity contribution in [2.45, 2.75) is 20.0 Å². The number of hydrogen-bond donors (Lipinski definition) is 1. The molecule has 0 aromatic heterocycles. The predicted molar refractivity (Wildman–Crippen MR) is 89.4 cm³/mol. The summed E-state index contributed by atoms with van der Waals surface area (Å²) in [5, 5.41) is 2.68. The third-order valence-corrected chi connectivity index (χ3v) is 3.33. The lowest BCUT2D eigenvalue weighted by atomic mass is 10.1. The average Bonchev–Trinajstić information content (AvgIpc) is 2.56. The second kappa shape index (κ2) is 8.73. The van der Waals surface area contributed by atoms with E-state index in [0.29, 0.717) is 13.0 Å². The first-order chi connectivity index (χ1) is 11.1. The summed E-state index contributed by atoms with van der Waals surface area (Å²) in [5.41, 5.74) is 2.80. The van der Waals surface area contributed by atoms with E-state index in [9.17, 15) is 9.18 Å². The number of benzene rings is 2. The fourth-order valence-electron chi connectivity index (χ4n) is 2.03. The number of hydrogen-bond acceptors (Lipinski definition) is 2. The maximum atomic E-state index is 13.1. The molecule has 0 aliphatic rings. The van der Waals surface area contributed by atoms with E-state index >= 15 is 0 Å². The fourth-order valence-corrected chi connectivity index (χ4v) is 2.03. The van der Waals surface area contributed by atoms with Gasteiger partial charge in [0.15, 0.2) is 0 Å². The zero-order valence-corrected chi connectivity index (χ0v) is 13.1. The fraction of sp³-hybridized carbons (Fsp3) is 0.211. The van der Waals surface area contributed by atoms with Crippen molar-refractivity contribution in [3.8, 4) is 0 Å². The van der Waals surface area contributed by atoms with Gasteiger partial charge < -0.3 is 10.1 Å². The lowest BCUT2D eigenvalue weighted by Gasteiger charge is -2.06. The number of carbonyl (C=O) groups excluding carboxylic acids is 1. The average molecular weight is 313 g/mol. The van der Waals surface area contributed by atoms with Crippen LogP contribution in [0, 0.1) is 12.7 Å². The van der Waals surface area contributed by atoms with Crippen LogP contribution in [0.25, 0.3) is 6.08 Å². The van der Waals surface area contributed by atoms with Gasteiger partial charge in [0.25, 0.3) is 0 Å². The molecule has 0 fully saturated rings. The molecule has 0 saturated heterocycles. The summed E-state index contributed by atoms with van der Waals surface area (Å²) < 4.78 is 18.2. The van der Waals surface area contributed by atoms with Gasteiger partial charge in [-0.05, 0) is 42.2 Å². The van der Waals surface area contributed by atoms with Crippen molar-refractivity contribution in [2.75, 3.05) is 6.54 Å². The zero-order chi connectivity index (χ0) is 16.5. The molecule has 0 unspecified atom stereocenters. The number of ether oxygens (including phenoxy) is 1. The van der Waals surface area contributed by atoms with E-state index < -0.39 is 6.09 Å². The first-order valence-corrected chi connectivity index (χ1v) is 7.52. The molecule has 3 nitrogen and oxygen atoms in total. The molecule has 2 rings (SSSR count). The maximum absolute atomic E-state index is 13.1. The van der Waals surface area contributed by atoms with Gasteiger partial charge >= 0.3 is 6.09 Å². The Bertz CT molecular complexity index is 668. The van der Waals surface area contributed by atoms with E-state index in [1.807, 2.05) is 49.4 Å². The lowest BCUT2D eigenvalue weighted by Crippen LogP contribution is -2.24. The third kappa shape index (κ3) is 5.94. The Morgan fingerprint density at radius 2 is 2.00 bits per heavy atom. The molecule has 120 valence electrons. The first-order valence-electron chi connectivity index (χ1n) is 7.52. The largest absolute Gasteiger partial charge is 0.445 e. The summed E-state index contributed by atoms with van der Waals surface area (Å²) in [7, 11) is 0. The Morgan fingerprint density at radius 1 is 1.22 bits per heavy atom. The number of amides is 1. The van der Waals surface area contributed by atoms with Crippen molar-refractivity contribution >= 4 is 12.2 Å². The van der Waals surface area contributed by atoms with Crippen LogP contribution in [-0.4, -0.2) is 12.6 Å². The molecular formula is C19H20FNO2. The topological polar surface area (TPSA) is 38.3 Å².